The predicted octanol–water partition coefficient (Wildman–Crippen LogP) is 3.08. The van der Waals surface area contributed by atoms with Crippen molar-refractivity contribution in [1.29, 1.82) is 0 Å². The fourth-order valence-electron chi connectivity index (χ4n) is 2.80. The summed E-state index contributed by atoms with van der Waals surface area (Å²) in [6.45, 7) is 4.54. The van der Waals surface area contributed by atoms with Gasteiger partial charge >= 0.3 is 0 Å². The van der Waals surface area contributed by atoms with Crippen LogP contribution in [0.3, 0.4) is 0 Å². The summed E-state index contributed by atoms with van der Waals surface area (Å²) in [5, 5.41) is 1.03. The highest BCUT2D eigenvalue weighted by Crippen LogP contribution is 2.29. The summed E-state index contributed by atoms with van der Waals surface area (Å²) in [6, 6.07) is 7.96. The Kier molecular flexibility index (Phi) is 2.71. The second-order valence-corrected chi connectivity index (χ2v) is 5.11. The van der Waals surface area contributed by atoms with E-state index in [4.69, 9.17) is 4.74 Å². The lowest BCUT2D eigenvalue weighted by atomic mass is 9.93. The van der Waals surface area contributed by atoms with Crippen molar-refractivity contribution in [3.05, 3.63) is 35.5 Å². The molecule has 1 aromatic heterocycles. The summed E-state index contributed by atoms with van der Waals surface area (Å²) in [6.07, 6.45) is 1.03. The van der Waals surface area contributed by atoms with E-state index in [2.05, 4.69) is 4.98 Å². The number of aryl methyl sites for hydroxylation is 1. The number of H-pyrrole nitrogens is 1. The van der Waals surface area contributed by atoms with E-state index in [0.717, 1.165) is 28.6 Å². The first-order chi connectivity index (χ1) is 8.66. The molecule has 0 bridgehead atoms. The first-order valence-corrected chi connectivity index (χ1v) is 6.40. The number of benzene rings is 1. The van der Waals surface area contributed by atoms with E-state index in [1.165, 1.54) is 0 Å². The van der Waals surface area contributed by atoms with E-state index in [1.807, 2.05) is 38.1 Å². The molecule has 94 valence electrons. The highest BCUT2D eigenvalue weighted by Gasteiger charge is 2.31. The van der Waals surface area contributed by atoms with Crippen molar-refractivity contribution < 1.29 is 9.53 Å². The number of fused-ring (bicyclic) bond motifs is 1. The van der Waals surface area contributed by atoms with Crippen LogP contribution < -0.4 is 0 Å². The first kappa shape index (κ1) is 11.5. The van der Waals surface area contributed by atoms with Gasteiger partial charge in [0.15, 0.2) is 5.78 Å². The fraction of sp³-hybridized carbons (Fsp3) is 0.400. The number of carbonyl (C=O) groups is 1. The van der Waals surface area contributed by atoms with Crippen molar-refractivity contribution in [1.82, 2.24) is 4.98 Å². The molecule has 0 saturated carbocycles. The third-order valence-electron chi connectivity index (χ3n) is 3.71. The smallest absolute Gasteiger partial charge is 0.170 e. The number of ketones is 1. The van der Waals surface area contributed by atoms with Crippen LogP contribution in [0, 0.1) is 12.8 Å². The Hall–Kier alpha value is -1.61. The molecule has 3 heteroatoms. The molecule has 1 aromatic carbocycles. The molecule has 0 spiro atoms. The molecular weight excluding hydrogens is 226 g/mol. The molecule has 3 nitrogen and oxygen atoms in total. The molecule has 0 amide bonds. The minimum absolute atomic E-state index is 0.0120. The Morgan fingerprint density at radius 3 is 2.89 bits per heavy atom. The third kappa shape index (κ3) is 1.75. The van der Waals surface area contributed by atoms with Gasteiger partial charge in [0.2, 0.25) is 0 Å². The lowest BCUT2D eigenvalue weighted by Crippen LogP contribution is -2.15. The van der Waals surface area contributed by atoms with Crippen LogP contribution in [-0.4, -0.2) is 23.5 Å². The van der Waals surface area contributed by atoms with Gasteiger partial charge in [0.25, 0.3) is 0 Å². The summed E-state index contributed by atoms with van der Waals surface area (Å²) in [5.41, 5.74) is 2.83. The van der Waals surface area contributed by atoms with Crippen molar-refractivity contribution in [3.63, 3.8) is 0 Å². The molecule has 1 saturated heterocycles. The topological polar surface area (TPSA) is 42.1 Å². The minimum atomic E-state index is 0.0120. The molecule has 1 aliphatic rings. The first-order valence-electron chi connectivity index (χ1n) is 6.40. The van der Waals surface area contributed by atoms with Gasteiger partial charge in [-0.25, -0.2) is 0 Å². The van der Waals surface area contributed by atoms with Gasteiger partial charge in [0.1, 0.15) is 0 Å². The van der Waals surface area contributed by atoms with E-state index in [-0.39, 0.29) is 17.8 Å². The Morgan fingerprint density at radius 1 is 1.39 bits per heavy atom. The van der Waals surface area contributed by atoms with Crippen LogP contribution >= 0.6 is 0 Å². The molecule has 3 rings (SSSR count). The lowest BCUT2D eigenvalue weighted by molar-refractivity contribution is 0.0878. The maximum atomic E-state index is 12.6. The van der Waals surface area contributed by atoms with Crippen LogP contribution in [0.5, 0.6) is 0 Å². The van der Waals surface area contributed by atoms with Crippen molar-refractivity contribution in [3.8, 4) is 0 Å². The zero-order valence-corrected chi connectivity index (χ0v) is 10.7. The number of para-hydroxylation sites is 1. The van der Waals surface area contributed by atoms with Gasteiger partial charge < -0.3 is 9.72 Å². The van der Waals surface area contributed by atoms with Crippen molar-refractivity contribution in [2.24, 2.45) is 5.92 Å². The number of ether oxygens (including phenoxy) is 1. The predicted molar refractivity (Wildman–Crippen MR) is 70.9 cm³/mol. The molecule has 1 N–H and O–H groups in total. The van der Waals surface area contributed by atoms with Crippen molar-refractivity contribution in [2.75, 3.05) is 6.61 Å². The van der Waals surface area contributed by atoms with Crippen LogP contribution in [0.15, 0.2) is 24.3 Å². The van der Waals surface area contributed by atoms with Crippen molar-refractivity contribution in [2.45, 2.75) is 26.4 Å². The average molecular weight is 243 g/mol. The van der Waals surface area contributed by atoms with Gasteiger partial charge in [-0.15, -0.1) is 0 Å². The fourth-order valence-corrected chi connectivity index (χ4v) is 2.80. The lowest BCUT2D eigenvalue weighted by Gasteiger charge is -2.06. The number of Topliss-reactive ketones (excluding diaryl/α,β-unsaturated/α-hetero) is 1. The summed E-state index contributed by atoms with van der Waals surface area (Å²) in [5.74, 6) is 0.229. The summed E-state index contributed by atoms with van der Waals surface area (Å²) in [4.78, 5) is 15.9. The van der Waals surface area contributed by atoms with Gasteiger partial charge in [0, 0.05) is 28.1 Å². The molecule has 0 aliphatic carbocycles. The van der Waals surface area contributed by atoms with Crippen LogP contribution in [0.4, 0.5) is 0 Å². The zero-order valence-electron chi connectivity index (χ0n) is 10.7. The standard InChI is InChI=1S/C15H17NO2/c1-9-7-11(8-18-9)15(17)14-10(2)16-13-6-4-3-5-12(13)14/h3-6,9,11,16H,7-8H2,1-2H3. The zero-order chi connectivity index (χ0) is 12.7. The molecule has 2 atom stereocenters. The second-order valence-electron chi connectivity index (χ2n) is 5.11. The molecule has 2 heterocycles. The van der Waals surface area contributed by atoms with Gasteiger partial charge in [-0.2, -0.15) is 0 Å². The monoisotopic (exact) mass is 243 g/mol. The molecule has 1 fully saturated rings. The number of rotatable bonds is 2. The van der Waals surface area contributed by atoms with Crippen molar-refractivity contribution >= 4 is 16.7 Å². The van der Waals surface area contributed by atoms with Crippen LogP contribution in [0.25, 0.3) is 10.9 Å². The van der Waals surface area contributed by atoms with E-state index < -0.39 is 0 Å². The number of carbonyl (C=O) groups excluding carboxylic acids is 1. The van der Waals surface area contributed by atoms with E-state index in [9.17, 15) is 4.79 Å². The number of hydrogen-bond donors (Lipinski definition) is 1. The molecule has 1 aliphatic heterocycles. The maximum absolute atomic E-state index is 12.6. The molecule has 2 unspecified atom stereocenters. The molecular formula is C15H17NO2. The maximum Gasteiger partial charge on any atom is 0.170 e. The molecule has 18 heavy (non-hydrogen) atoms. The average Bonchev–Trinajstić information content (AvgIpc) is 2.91. The number of hydrogen-bond acceptors (Lipinski definition) is 2. The summed E-state index contributed by atoms with van der Waals surface area (Å²) in [7, 11) is 0. The summed E-state index contributed by atoms with van der Waals surface area (Å²) >= 11 is 0. The van der Waals surface area contributed by atoms with Gasteiger partial charge in [-0.1, -0.05) is 18.2 Å². The number of nitrogens with one attached hydrogen (secondary N) is 1. The molecule has 0 radical (unpaired) electrons. The Labute approximate surface area is 106 Å². The van der Waals surface area contributed by atoms with E-state index >= 15 is 0 Å². The molecule has 2 aromatic rings. The quantitative estimate of drug-likeness (QED) is 0.823. The Bertz CT molecular complexity index is 600. The van der Waals surface area contributed by atoms with Gasteiger partial charge in [-0.05, 0) is 26.3 Å². The SMILES string of the molecule is Cc1[nH]c2ccccc2c1C(=O)C1COC(C)C1. The third-order valence-corrected chi connectivity index (χ3v) is 3.71. The number of aromatic amines is 1. The van der Waals surface area contributed by atoms with E-state index in [0.29, 0.717) is 6.61 Å². The van der Waals surface area contributed by atoms with Crippen LogP contribution in [0.2, 0.25) is 0 Å². The minimum Gasteiger partial charge on any atom is -0.378 e. The summed E-state index contributed by atoms with van der Waals surface area (Å²) < 4.78 is 5.51. The highest BCUT2D eigenvalue weighted by atomic mass is 16.5. The van der Waals surface area contributed by atoms with Gasteiger partial charge in [-0.3, -0.25) is 4.79 Å². The number of aromatic nitrogens is 1. The van der Waals surface area contributed by atoms with Gasteiger partial charge in [0.05, 0.1) is 12.7 Å². The second kappa shape index (κ2) is 4.25. The Balaban J connectivity index is 2.03. The van der Waals surface area contributed by atoms with Crippen LogP contribution in [-0.2, 0) is 4.74 Å². The largest absolute Gasteiger partial charge is 0.378 e. The van der Waals surface area contributed by atoms with Crippen LogP contribution in [0.1, 0.15) is 29.4 Å². The van der Waals surface area contributed by atoms with E-state index in [1.54, 1.807) is 0 Å². The Morgan fingerprint density at radius 2 is 2.17 bits per heavy atom. The highest BCUT2D eigenvalue weighted by molar-refractivity contribution is 6.10. The normalized spacial score (nSPS) is 23.7.